The summed E-state index contributed by atoms with van der Waals surface area (Å²) >= 11 is 0. The smallest absolute Gasteiger partial charge is 0.101 e. The Kier molecular flexibility index (Phi) is 24.7. The van der Waals surface area contributed by atoms with Crippen LogP contribution < -0.4 is 0 Å². The van der Waals surface area contributed by atoms with E-state index >= 15 is 0 Å². The molecule has 0 aromatic carbocycles. The number of hydrogen-bond donors (Lipinski definition) is 2. The van der Waals surface area contributed by atoms with Gasteiger partial charge >= 0.3 is 0 Å². The Morgan fingerprint density at radius 3 is 0.900 bits per heavy atom. The monoisotopic (exact) mass is 438 g/mol. The summed E-state index contributed by atoms with van der Waals surface area (Å²) in [5.74, 6) is 0. The summed E-state index contributed by atoms with van der Waals surface area (Å²) in [5, 5.41) is 19.6. The minimum Gasteiger partial charge on any atom is -0.388 e. The Hall–Kier alpha value is -0.320. The second-order valence-electron chi connectivity index (χ2n) is 7.12. The van der Waals surface area contributed by atoms with Gasteiger partial charge < -0.3 is 38.6 Å². The van der Waals surface area contributed by atoms with Crippen LogP contribution in [0.3, 0.4) is 0 Å². The van der Waals surface area contributed by atoms with Crippen molar-refractivity contribution in [1.82, 2.24) is 0 Å². The van der Waals surface area contributed by atoms with Crippen molar-refractivity contribution in [3.63, 3.8) is 0 Å². The van der Waals surface area contributed by atoms with Crippen LogP contribution in [-0.2, 0) is 28.4 Å². The fourth-order valence-corrected chi connectivity index (χ4v) is 2.49. The first-order chi connectivity index (χ1) is 14.7. The molecule has 8 heteroatoms. The van der Waals surface area contributed by atoms with Crippen LogP contribution in [0.1, 0.15) is 52.4 Å². The topological polar surface area (TPSA) is 95.8 Å². The van der Waals surface area contributed by atoms with Gasteiger partial charge in [-0.25, -0.2) is 0 Å². The first-order valence-electron chi connectivity index (χ1n) is 11.5. The number of aliphatic hydroxyl groups is 2. The van der Waals surface area contributed by atoms with Crippen LogP contribution in [0.25, 0.3) is 0 Å². The molecule has 0 saturated heterocycles. The van der Waals surface area contributed by atoms with E-state index in [1.54, 1.807) is 0 Å². The summed E-state index contributed by atoms with van der Waals surface area (Å²) in [6, 6.07) is 0. The van der Waals surface area contributed by atoms with Gasteiger partial charge in [-0.05, 0) is 52.4 Å². The van der Waals surface area contributed by atoms with E-state index in [2.05, 4.69) is 0 Å². The first-order valence-corrected chi connectivity index (χ1v) is 11.5. The summed E-state index contributed by atoms with van der Waals surface area (Å²) < 4.78 is 32.2. The quantitative estimate of drug-likeness (QED) is 0.209. The Labute approximate surface area is 183 Å². The number of rotatable bonds is 25. The van der Waals surface area contributed by atoms with Gasteiger partial charge in [-0.15, -0.1) is 0 Å². The van der Waals surface area contributed by atoms with Crippen molar-refractivity contribution in [2.75, 3.05) is 79.3 Å². The van der Waals surface area contributed by atoms with E-state index in [0.29, 0.717) is 39.6 Å². The maximum absolute atomic E-state index is 9.79. The summed E-state index contributed by atoms with van der Waals surface area (Å²) in [6.45, 7) is 10.5. The average Bonchev–Trinajstić information content (AvgIpc) is 2.74. The number of hydrogen-bond acceptors (Lipinski definition) is 8. The lowest BCUT2D eigenvalue weighted by Crippen LogP contribution is -2.23. The molecule has 0 bridgehead atoms. The molecule has 0 heterocycles. The van der Waals surface area contributed by atoms with E-state index in [-0.39, 0.29) is 13.2 Å². The Bertz CT molecular complexity index is 290. The fourth-order valence-electron chi connectivity index (χ4n) is 2.49. The van der Waals surface area contributed by atoms with Crippen LogP contribution in [0, 0.1) is 0 Å². The number of ether oxygens (including phenoxy) is 6. The molecule has 0 aliphatic rings. The second kappa shape index (κ2) is 24.9. The summed E-state index contributed by atoms with van der Waals surface area (Å²) in [5.41, 5.74) is 0. The van der Waals surface area contributed by atoms with E-state index in [1.807, 2.05) is 13.8 Å². The van der Waals surface area contributed by atoms with E-state index < -0.39 is 12.2 Å². The highest BCUT2D eigenvalue weighted by Crippen LogP contribution is 1.98. The third-order valence-electron chi connectivity index (χ3n) is 4.13. The molecule has 8 nitrogen and oxygen atoms in total. The van der Waals surface area contributed by atoms with Crippen LogP contribution >= 0.6 is 0 Å². The summed E-state index contributed by atoms with van der Waals surface area (Å²) in [4.78, 5) is 0. The van der Waals surface area contributed by atoms with Crippen LogP contribution in [-0.4, -0.2) is 102 Å². The van der Waals surface area contributed by atoms with Gasteiger partial charge in [0.15, 0.2) is 0 Å². The Balaban J connectivity index is 3.23. The lowest BCUT2D eigenvalue weighted by Gasteiger charge is -2.13. The van der Waals surface area contributed by atoms with Crippen molar-refractivity contribution < 1.29 is 38.6 Å². The number of aliphatic hydroxyl groups excluding tert-OH is 2. The molecule has 30 heavy (non-hydrogen) atoms. The molecule has 0 aromatic rings. The molecule has 2 N–H and O–H groups in total. The molecule has 0 aliphatic carbocycles. The minimum atomic E-state index is -0.595. The molecule has 0 saturated carbocycles. The van der Waals surface area contributed by atoms with Crippen molar-refractivity contribution in [2.24, 2.45) is 0 Å². The zero-order valence-electron chi connectivity index (χ0n) is 19.2. The largest absolute Gasteiger partial charge is 0.388 e. The van der Waals surface area contributed by atoms with Gasteiger partial charge in [0.05, 0.1) is 26.4 Å². The summed E-state index contributed by atoms with van der Waals surface area (Å²) in [6.07, 6.45) is 4.31. The highest BCUT2D eigenvalue weighted by atomic mass is 16.5. The Morgan fingerprint density at radius 2 is 0.667 bits per heavy atom. The van der Waals surface area contributed by atoms with Gasteiger partial charge in [-0.3, -0.25) is 0 Å². The molecule has 0 radical (unpaired) electrons. The second-order valence-corrected chi connectivity index (χ2v) is 7.12. The minimum absolute atomic E-state index is 0.278. The predicted molar refractivity (Wildman–Crippen MR) is 116 cm³/mol. The van der Waals surface area contributed by atoms with E-state index in [0.717, 1.165) is 65.0 Å². The van der Waals surface area contributed by atoms with Gasteiger partial charge in [0.25, 0.3) is 0 Å². The van der Waals surface area contributed by atoms with Crippen molar-refractivity contribution in [3.8, 4) is 0 Å². The van der Waals surface area contributed by atoms with Gasteiger partial charge in [0, 0.05) is 52.9 Å². The molecule has 0 aliphatic heterocycles. The molecule has 0 amide bonds. The normalized spacial score (nSPS) is 13.6. The molecule has 0 rings (SSSR count). The van der Waals surface area contributed by atoms with Crippen molar-refractivity contribution in [1.29, 1.82) is 0 Å². The lowest BCUT2D eigenvalue weighted by molar-refractivity contribution is -0.0276. The SMILES string of the molecule is CCOCCCCOCC(O)COCCCCOCC(O)COCCCCOCC. The van der Waals surface area contributed by atoms with Crippen molar-refractivity contribution in [3.05, 3.63) is 0 Å². The third kappa shape index (κ3) is 24.0. The van der Waals surface area contributed by atoms with Gasteiger partial charge in [0.2, 0.25) is 0 Å². The highest BCUT2D eigenvalue weighted by Gasteiger charge is 2.06. The van der Waals surface area contributed by atoms with E-state index in [1.165, 1.54) is 0 Å². The van der Waals surface area contributed by atoms with E-state index in [4.69, 9.17) is 28.4 Å². The van der Waals surface area contributed by atoms with Crippen LogP contribution in [0.15, 0.2) is 0 Å². The fraction of sp³-hybridized carbons (Fsp3) is 1.00. The highest BCUT2D eigenvalue weighted by molar-refractivity contribution is 4.53. The van der Waals surface area contributed by atoms with Gasteiger partial charge in [-0.2, -0.15) is 0 Å². The van der Waals surface area contributed by atoms with Crippen LogP contribution in [0.4, 0.5) is 0 Å². The zero-order valence-corrected chi connectivity index (χ0v) is 19.2. The van der Waals surface area contributed by atoms with Crippen LogP contribution in [0.5, 0.6) is 0 Å². The molecule has 2 atom stereocenters. The van der Waals surface area contributed by atoms with E-state index in [9.17, 15) is 10.2 Å². The number of unbranched alkanes of at least 4 members (excludes halogenated alkanes) is 3. The van der Waals surface area contributed by atoms with Crippen molar-refractivity contribution in [2.45, 2.75) is 64.6 Å². The molecule has 182 valence electrons. The maximum atomic E-state index is 9.79. The summed E-state index contributed by atoms with van der Waals surface area (Å²) in [7, 11) is 0. The standard InChI is InChI=1S/C22H46O8/c1-3-25-11-5-7-13-27-17-21(23)19-29-15-9-10-16-30-20-22(24)18-28-14-8-6-12-26-4-2/h21-24H,3-20H2,1-2H3. The maximum Gasteiger partial charge on any atom is 0.101 e. The predicted octanol–water partition coefficient (Wildman–Crippen LogP) is 2.19. The van der Waals surface area contributed by atoms with Gasteiger partial charge in [-0.1, -0.05) is 0 Å². The first kappa shape index (κ1) is 29.7. The van der Waals surface area contributed by atoms with Crippen molar-refractivity contribution >= 4 is 0 Å². The lowest BCUT2D eigenvalue weighted by atomic mass is 10.3. The zero-order chi connectivity index (χ0) is 22.1. The Morgan fingerprint density at radius 1 is 0.433 bits per heavy atom. The average molecular weight is 439 g/mol. The molecule has 0 fully saturated rings. The van der Waals surface area contributed by atoms with Gasteiger partial charge in [0.1, 0.15) is 12.2 Å². The van der Waals surface area contributed by atoms with Crippen LogP contribution in [0.2, 0.25) is 0 Å². The molecular weight excluding hydrogens is 392 g/mol. The molecule has 0 spiro atoms. The molecule has 0 aromatic heterocycles. The third-order valence-corrected chi connectivity index (χ3v) is 4.13. The molecule has 2 unspecified atom stereocenters. The molecular formula is C22H46O8.